The van der Waals surface area contributed by atoms with Gasteiger partial charge in [-0.25, -0.2) is 4.98 Å². The lowest BCUT2D eigenvalue weighted by atomic mass is 10.2. The largest absolute Gasteiger partial charge is 0.467 e. The van der Waals surface area contributed by atoms with E-state index in [2.05, 4.69) is 15.0 Å². The van der Waals surface area contributed by atoms with Crippen LogP contribution in [0.25, 0.3) is 10.9 Å². The second-order valence-electron chi connectivity index (χ2n) is 6.77. The fourth-order valence-corrected chi connectivity index (χ4v) is 3.99. The number of thioether (sulfide) groups is 1. The summed E-state index contributed by atoms with van der Waals surface area (Å²) in [5, 5.41) is 3.81. The molecule has 0 unspecified atom stereocenters. The highest BCUT2D eigenvalue weighted by Gasteiger charge is 2.15. The minimum Gasteiger partial charge on any atom is -0.467 e. The van der Waals surface area contributed by atoms with E-state index in [1.807, 2.05) is 0 Å². The summed E-state index contributed by atoms with van der Waals surface area (Å²) in [7, 11) is 0. The lowest BCUT2D eigenvalue weighted by Crippen LogP contribution is -2.24. The summed E-state index contributed by atoms with van der Waals surface area (Å²) in [5.41, 5.74) is 0.541. The van der Waals surface area contributed by atoms with Crippen LogP contribution in [0.5, 0.6) is 5.75 Å². The van der Waals surface area contributed by atoms with Gasteiger partial charge in [0.25, 0.3) is 5.56 Å². The molecule has 1 N–H and O–H groups in total. The van der Waals surface area contributed by atoms with Crippen molar-refractivity contribution >= 4 is 45.9 Å². The van der Waals surface area contributed by atoms with Gasteiger partial charge in [0, 0.05) is 10.7 Å². The first-order valence-corrected chi connectivity index (χ1v) is 11.0. The van der Waals surface area contributed by atoms with E-state index in [0.29, 0.717) is 32.5 Å². The Morgan fingerprint density at radius 3 is 2.70 bits per heavy atom. The van der Waals surface area contributed by atoms with E-state index < -0.39 is 6.61 Å². The Morgan fingerprint density at radius 2 is 2.00 bits per heavy atom. The van der Waals surface area contributed by atoms with Crippen LogP contribution in [0.1, 0.15) is 5.76 Å². The molecule has 11 heteroatoms. The van der Waals surface area contributed by atoms with Crippen molar-refractivity contribution in [2.75, 3.05) is 11.1 Å². The molecule has 2 aromatic carbocycles. The number of rotatable bonds is 8. The number of aromatic nitrogens is 2. The van der Waals surface area contributed by atoms with E-state index in [1.165, 1.54) is 35.1 Å². The molecular formula is C22H16ClF2N3O4S. The number of ether oxygens (including phenoxy) is 1. The van der Waals surface area contributed by atoms with Crippen molar-refractivity contribution < 1.29 is 22.7 Å². The summed E-state index contributed by atoms with van der Waals surface area (Å²) in [4.78, 5) is 30.1. The third-order valence-electron chi connectivity index (χ3n) is 4.47. The zero-order valence-electron chi connectivity index (χ0n) is 16.8. The Bertz CT molecular complexity index is 1330. The van der Waals surface area contributed by atoms with E-state index in [-0.39, 0.29) is 29.5 Å². The summed E-state index contributed by atoms with van der Waals surface area (Å²) >= 11 is 7.12. The predicted octanol–water partition coefficient (Wildman–Crippen LogP) is 5.02. The fraction of sp³-hybridized carbons (Fsp3) is 0.136. The van der Waals surface area contributed by atoms with Gasteiger partial charge < -0.3 is 14.5 Å². The number of amides is 1. The van der Waals surface area contributed by atoms with Crippen molar-refractivity contribution in [3.63, 3.8) is 0 Å². The Labute approximate surface area is 195 Å². The highest BCUT2D eigenvalue weighted by Crippen LogP contribution is 2.22. The number of furan rings is 1. The molecule has 2 aromatic heterocycles. The third-order valence-corrected chi connectivity index (χ3v) is 5.68. The van der Waals surface area contributed by atoms with Crippen LogP contribution in [0, 0.1) is 0 Å². The maximum atomic E-state index is 13.1. The molecule has 0 radical (unpaired) electrons. The van der Waals surface area contributed by atoms with Crippen molar-refractivity contribution in [3.05, 3.63) is 82.0 Å². The molecule has 0 aliphatic heterocycles. The van der Waals surface area contributed by atoms with Gasteiger partial charge in [-0.1, -0.05) is 23.4 Å². The lowest BCUT2D eigenvalue weighted by molar-refractivity contribution is -0.113. The minimum atomic E-state index is -2.93. The van der Waals surface area contributed by atoms with Gasteiger partial charge in [0.2, 0.25) is 5.91 Å². The Hall–Kier alpha value is -3.37. The van der Waals surface area contributed by atoms with E-state index in [4.69, 9.17) is 16.0 Å². The molecule has 2 heterocycles. The van der Waals surface area contributed by atoms with Crippen molar-refractivity contribution in [3.8, 4) is 5.75 Å². The molecule has 0 bridgehead atoms. The molecule has 0 spiro atoms. The van der Waals surface area contributed by atoms with Gasteiger partial charge >= 0.3 is 6.61 Å². The molecule has 0 atom stereocenters. The lowest BCUT2D eigenvalue weighted by Gasteiger charge is -2.12. The predicted molar refractivity (Wildman–Crippen MR) is 121 cm³/mol. The molecular weight excluding hydrogens is 476 g/mol. The van der Waals surface area contributed by atoms with Crippen LogP contribution < -0.4 is 15.6 Å². The first kappa shape index (κ1) is 22.8. The molecule has 0 aliphatic carbocycles. The van der Waals surface area contributed by atoms with Crippen LogP contribution in [0.2, 0.25) is 5.02 Å². The molecule has 0 fully saturated rings. The van der Waals surface area contributed by atoms with Gasteiger partial charge in [0.05, 0.1) is 29.5 Å². The number of benzene rings is 2. The van der Waals surface area contributed by atoms with Crippen LogP contribution in [-0.2, 0) is 11.3 Å². The van der Waals surface area contributed by atoms with Crippen molar-refractivity contribution in [2.24, 2.45) is 0 Å². The van der Waals surface area contributed by atoms with Crippen molar-refractivity contribution in [1.82, 2.24) is 9.55 Å². The van der Waals surface area contributed by atoms with Crippen LogP contribution in [0.15, 0.2) is 75.2 Å². The summed E-state index contributed by atoms with van der Waals surface area (Å²) in [6.07, 6.45) is 1.51. The van der Waals surface area contributed by atoms with Gasteiger partial charge in [0.1, 0.15) is 11.5 Å². The number of anilines is 1. The topological polar surface area (TPSA) is 86.4 Å². The number of carbonyl (C=O) groups excluding carboxylic acids is 1. The van der Waals surface area contributed by atoms with Crippen molar-refractivity contribution in [2.45, 2.75) is 18.3 Å². The summed E-state index contributed by atoms with van der Waals surface area (Å²) in [6.45, 7) is -2.78. The first-order chi connectivity index (χ1) is 15.9. The molecule has 7 nitrogen and oxygen atoms in total. The monoisotopic (exact) mass is 491 g/mol. The van der Waals surface area contributed by atoms with Crippen LogP contribution in [-0.4, -0.2) is 27.8 Å². The maximum absolute atomic E-state index is 13.1. The highest BCUT2D eigenvalue weighted by atomic mass is 35.5. The normalized spacial score (nSPS) is 11.2. The van der Waals surface area contributed by atoms with Gasteiger partial charge in [0.15, 0.2) is 5.16 Å². The first-order valence-electron chi connectivity index (χ1n) is 9.59. The summed E-state index contributed by atoms with van der Waals surface area (Å²) in [6, 6.07) is 13.8. The quantitative estimate of drug-likeness (QED) is 0.275. The van der Waals surface area contributed by atoms with Gasteiger partial charge in [-0.3, -0.25) is 14.2 Å². The minimum absolute atomic E-state index is 0.0154. The van der Waals surface area contributed by atoms with Gasteiger partial charge in [-0.15, -0.1) is 0 Å². The molecule has 0 aliphatic rings. The number of halogens is 3. The van der Waals surface area contributed by atoms with E-state index in [1.54, 1.807) is 30.3 Å². The van der Waals surface area contributed by atoms with E-state index in [9.17, 15) is 18.4 Å². The molecule has 4 rings (SSSR count). The zero-order chi connectivity index (χ0) is 23.4. The third kappa shape index (κ3) is 5.71. The van der Waals surface area contributed by atoms with Gasteiger partial charge in [-0.05, 0) is 54.6 Å². The molecule has 4 aromatic rings. The Balaban J connectivity index is 1.53. The molecule has 33 heavy (non-hydrogen) atoms. The highest BCUT2D eigenvalue weighted by molar-refractivity contribution is 7.99. The molecule has 170 valence electrons. The number of nitrogens with one attached hydrogen (secondary N) is 1. The number of hydrogen-bond donors (Lipinski definition) is 1. The number of carbonyl (C=O) groups is 1. The van der Waals surface area contributed by atoms with Gasteiger partial charge in [-0.2, -0.15) is 8.78 Å². The molecule has 0 saturated carbocycles. The Kier molecular flexibility index (Phi) is 6.95. The standard InChI is InChI=1S/C22H16ClF2N3O4S/c23-13-3-8-17-18(10-13)27-22(28(20(17)30)11-16-2-1-9-31-16)33-12-19(29)26-14-4-6-15(7-5-14)32-21(24)25/h1-10,21H,11-12H2,(H,26,29). The molecule has 1 amide bonds. The average Bonchev–Trinajstić information content (AvgIpc) is 3.28. The van der Waals surface area contributed by atoms with Crippen LogP contribution in [0.4, 0.5) is 14.5 Å². The molecule has 0 saturated heterocycles. The van der Waals surface area contributed by atoms with E-state index in [0.717, 1.165) is 11.8 Å². The Morgan fingerprint density at radius 1 is 1.21 bits per heavy atom. The number of fused-ring (bicyclic) bond motifs is 1. The zero-order valence-corrected chi connectivity index (χ0v) is 18.4. The number of hydrogen-bond acceptors (Lipinski definition) is 6. The maximum Gasteiger partial charge on any atom is 0.387 e. The average molecular weight is 492 g/mol. The summed E-state index contributed by atoms with van der Waals surface area (Å²) in [5.74, 6) is 0.127. The number of nitrogens with zero attached hydrogens (tertiary/aromatic N) is 2. The van der Waals surface area contributed by atoms with Crippen LogP contribution >= 0.6 is 23.4 Å². The number of alkyl halides is 2. The SMILES string of the molecule is O=C(CSc1nc2cc(Cl)ccc2c(=O)n1Cc1ccco1)Nc1ccc(OC(F)F)cc1. The smallest absolute Gasteiger partial charge is 0.387 e. The second kappa shape index (κ2) is 10.1. The van der Waals surface area contributed by atoms with Crippen LogP contribution in [0.3, 0.4) is 0 Å². The summed E-state index contributed by atoms with van der Waals surface area (Å²) < 4.78 is 35.6. The van der Waals surface area contributed by atoms with E-state index >= 15 is 0 Å². The second-order valence-corrected chi connectivity index (χ2v) is 8.15. The fourth-order valence-electron chi connectivity index (χ4n) is 3.03. The van der Waals surface area contributed by atoms with Crippen molar-refractivity contribution in [1.29, 1.82) is 0 Å².